The summed E-state index contributed by atoms with van der Waals surface area (Å²) in [4.78, 5) is 14.0. The van der Waals surface area contributed by atoms with Crippen LogP contribution in [0.3, 0.4) is 0 Å². The first-order chi connectivity index (χ1) is 9.41. The first-order valence-corrected chi connectivity index (χ1v) is 6.66. The fourth-order valence-corrected chi connectivity index (χ4v) is 2.23. The molecule has 0 saturated carbocycles. The lowest BCUT2D eigenvalue weighted by Crippen LogP contribution is -2.48. The third kappa shape index (κ3) is 3.56. The first-order valence-electron chi connectivity index (χ1n) is 6.66. The molecule has 1 aliphatic heterocycles. The van der Waals surface area contributed by atoms with Crippen molar-refractivity contribution in [1.29, 1.82) is 0 Å². The van der Waals surface area contributed by atoms with E-state index in [1.165, 1.54) is 6.07 Å². The van der Waals surface area contributed by atoms with Gasteiger partial charge in [-0.15, -0.1) is 0 Å². The van der Waals surface area contributed by atoms with Crippen LogP contribution in [0.15, 0.2) is 17.1 Å². The Morgan fingerprint density at radius 2 is 2.30 bits per heavy atom. The van der Waals surface area contributed by atoms with Gasteiger partial charge in [0.2, 0.25) is 0 Å². The van der Waals surface area contributed by atoms with Crippen molar-refractivity contribution < 1.29 is 14.9 Å². The molecule has 0 spiro atoms. The summed E-state index contributed by atoms with van der Waals surface area (Å²) in [7, 11) is 0. The summed E-state index contributed by atoms with van der Waals surface area (Å²) >= 11 is 0. The molecule has 1 unspecified atom stereocenters. The van der Waals surface area contributed by atoms with Gasteiger partial charge in [-0.05, 0) is 13.8 Å². The molecular formula is C13H21N3O4. The van der Waals surface area contributed by atoms with Crippen molar-refractivity contribution in [1.82, 2.24) is 9.78 Å². The molecule has 1 saturated heterocycles. The monoisotopic (exact) mass is 283 g/mol. The van der Waals surface area contributed by atoms with Gasteiger partial charge in [0.25, 0.3) is 5.56 Å². The van der Waals surface area contributed by atoms with Gasteiger partial charge >= 0.3 is 0 Å². The molecule has 7 heteroatoms. The second-order valence-electron chi connectivity index (χ2n) is 5.60. The number of aliphatic hydroxyl groups is 2. The smallest absolute Gasteiger partial charge is 0.268 e. The van der Waals surface area contributed by atoms with Crippen molar-refractivity contribution >= 4 is 5.69 Å². The normalized spacial score (nSPS) is 19.9. The van der Waals surface area contributed by atoms with Gasteiger partial charge in [0, 0.05) is 19.2 Å². The summed E-state index contributed by atoms with van der Waals surface area (Å²) in [5.74, 6) is 0. The van der Waals surface area contributed by atoms with Crippen LogP contribution >= 0.6 is 0 Å². The molecule has 1 aliphatic rings. The minimum Gasteiger partial charge on any atom is -0.394 e. The van der Waals surface area contributed by atoms with Gasteiger partial charge in [-0.1, -0.05) is 0 Å². The maximum Gasteiger partial charge on any atom is 0.268 e. The number of nitrogens with zero attached hydrogens (tertiary/aromatic N) is 3. The third-order valence-electron chi connectivity index (χ3n) is 3.24. The highest BCUT2D eigenvalue weighted by atomic mass is 16.5. The van der Waals surface area contributed by atoms with E-state index in [0.717, 1.165) is 10.4 Å². The highest BCUT2D eigenvalue weighted by Gasteiger charge is 2.27. The number of anilines is 1. The predicted molar refractivity (Wildman–Crippen MR) is 73.8 cm³/mol. The van der Waals surface area contributed by atoms with Gasteiger partial charge < -0.3 is 19.8 Å². The van der Waals surface area contributed by atoms with E-state index in [1.807, 2.05) is 13.8 Å². The minimum absolute atomic E-state index is 0.00970. The molecule has 112 valence electrons. The average molecular weight is 283 g/mol. The molecule has 2 N–H and O–H groups in total. The fourth-order valence-electron chi connectivity index (χ4n) is 2.23. The zero-order valence-electron chi connectivity index (χ0n) is 11.8. The van der Waals surface area contributed by atoms with Gasteiger partial charge in [-0.2, -0.15) is 5.10 Å². The largest absolute Gasteiger partial charge is 0.394 e. The van der Waals surface area contributed by atoms with E-state index in [2.05, 4.69) is 10.00 Å². The summed E-state index contributed by atoms with van der Waals surface area (Å²) < 4.78 is 6.78. The van der Waals surface area contributed by atoms with Crippen LogP contribution in [0.25, 0.3) is 0 Å². The molecule has 20 heavy (non-hydrogen) atoms. The number of rotatable bonds is 4. The lowest BCUT2D eigenvalue weighted by atomic mass is 10.1. The van der Waals surface area contributed by atoms with Crippen molar-refractivity contribution in [2.75, 3.05) is 31.2 Å². The van der Waals surface area contributed by atoms with Gasteiger partial charge in [0.1, 0.15) is 0 Å². The number of aliphatic hydroxyl groups excluding tert-OH is 2. The molecule has 0 radical (unpaired) electrons. The van der Waals surface area contributed by atoms with E-state index in [4.69, 9.17) is 9.84 Å². The zero-order valence-corrected chi connectivity index (χ0v) is 11.8. The van der Waals surface area contributed by atoms with Crippen molar-refractivity contribution in [3.05, 3.63) is 22.6 Å². The van der Waals surface area contributed by atoms with Crippen LogP contribution in [0, 0.1) is 0 Å². The second kappa shape index (κ2) is 5.90. The van der Waals surface area contributed by atoms with Crippen LogP contribution in [0.2, 0.25) is 0 Å². The quantitative estimate of drug-likeness (QED) is 0.753. The van der Waals surface area contributed by atoms with Crippen LogP contribution in [0.4, 0.5) is 5.69 Å². The SMILES string of the molecule is CC1(C)CN(c2cnn(CC(O)CO)c(=O)c2)CCO1. The maximum atomic E-state index is 11.9. The third-order valence-corrected chi connectivity index (χ3v) is 3.24. The minimum atomic E-state index is -0.978. The maximum absolute atomic E-state index is 11.9. The molecule has 1 aromatic rings. The lowest BCUT2D eigenvalue weighted by molar-refractivity contribution is -0.0277. The molecule has 1 fully saturated rings. The van der Waals surface area contributed by atoms with Gasteiger partial charge in [0.05, 0.1) is 43.3 Å². The Morgan fingerprint density at radius 3 is 2.90 bits per heavy atom. The Balaban J connectivity index is 2.14. The topological polar surface area (TPSA) is 87.8 Å². The number of hydrogen-bond acceptors (Lipinski definition) is 6. The second-order valence-corrected chi connectivity index (χ2v) is 5.60. The zero-order chi connectivity index (χ0) is 14.8. The summed E-state index contributed by atoms with van der Waals surface area (Å²) in [6, 6.07) is 1.50. The molecular weight excluding hydrogens is 262 g/mol. The highest BCUT2D eigenvalue weighted by Crippen LogP contribution is 2.21. The summed E-state index contributed by atoms with van der Waals surface area (Å²) in [5.41, 5.74) is 0.209. The van der Waals surface area contributed by atoms with E-state index < -0.39 is 12.7 Å². The molecule has 0 amide bonds. The Bertz CT molecular complexity index is 515. The van der Waals surface area contributed by atoms with Gasteiger partial charge in [-0.3, -0.25) is 4.79 Å². The summed E-state index contributed by atoms with van der Waals surface area (Å²) in [5, 5.41) is 22.2. The van der Waals surface area contributed by atoms with Crippen molar-refractivity contribution in [3.63, 3.8) is 0 Å². The Kier molecular flexibility index (Phi) is 4.42. The predicted octanol–water partition coefficient (Wildman–Crippen LogP) is -0.788. The van der Waals surface area contributed by atoms with Crippen molar-refractivity contribution in [2.45, 2.75) is 32.1 Å². The Labute approximate surface area is 117 Å². The molecule has 2 rings (SSSR count). The molecule has 2 heterocycles. The van der Waals surface area contributed by atoms with Gasteiger partial charge in [0.15, 0.2) is 0 Å². The van der Waals surface area contributed by atoms with Crippen molar-refractivity contribution in [3.8, 4) is 0 Å². The summed E-state index contributed by atoms with van der Waals surface area (Å²) in [6.45, 7) is 5.62. The molecule has 1 aromatic heterocycles. The Morgan fingerprint density at radius 1 is 1.55 bits per heavy atom. The van der Waals surface area contributed by atoms with Crippen LogP contribution in [0.1, 0.15) is 13.8 Å². The standard InChI is InChI=1S/C13H21N3O4/c1-13(2)9-15(3-4-20-13)10-5-12(19)16(14-6-10)7-11(18)8-17/h5-6,11,17-18H,3-4,7-9H2,1-2H3. The van der Waals surface area contributed by atoms with Crippen LogP contribution in [0.5, 0.6) is 0 Å². The van der Waals surface area contributed by atoms with Crippen molar-refractivity contribution in [2.24, 2.45) is 0 Å². The molecule has 7 nitrogen and oxygen atoms in total. The molecule has 0 aliphatic carbocycles. The van der Waals surface area contributed by atoms with Crippen LogP contribution < -0.4 is 10.5 Å². The first kappa shape index (κ1) is 15.0. The number of hydrogen-bond donors (Lipinski definition) is 2. The Hall–Kier alpha value is -1.44. The van der Waals surface area contributed by atoms with Crippen LogP contribution in [-0.2, 0) is 11.3 Å². The van der Waals surface area contributed by atoms with E-state index in [0.29, 0.717) is 19.7 Å². The molecule has 0 aromatic carbocycles. The number of morpholine rings is 1. The molecule has 1 atom stereocenters. The van der Waals surface area contributed by atoms with E-state index in [9.17, 15) is 9.90 Å². The van der Waals surface area contributed by atoms with E-state index >= 15 is 0 Å². The number of aromatic nitrogens is 2. The number of ether oxygens (including phenoxy) is 1. The van der Waals surface area contributed by atoms with E-state index in [1.54, 1.807) is 6.20 Å². The van der Waals surface area contributed by atoms with Gasteiger partial charge in [-0.25, -0.2) is 4.68 Å². The molecule has 0 bridgehead atoms. The van der Waals surface area contributed by atoms with E-state index in [-0.39, 0.29) is 17.7 Å². The van der Waals surface area contributed by atoms with Crippen LogP contribution in [-0.4, -0.2) is 58.0 Å². The average Bonchev–Trinajstić information content (AvgIpc) is 2.39. The fraction of sp³-hybridized carbons (Fsp3) is 0.692. The summed E-state index contributed by atoms with van der Waals surface area (Å²) in [6.07, 6.45) is 0.626. The highest BCUT2D eigenvalue weighted by molar-refractivity contribution is 5.43. The lowest BCUT2D eigenvalue weighted by Gasteiger charge is -2.39.